The van der Waals surface area contributed by atoms with Crippen molar-refractivity contribution < 1.29 is 30.7 Å². The van der Waals surface area contributed by atoms with E-state index in [9.17, 15) is 30.7 Å². The monoisotopic (exact) mass is 544 g/mol. The average molecular weight is 545 g/mol. The van der Waals surface area contributed by atoms with Gasteiger partial charge < -0.3 is 0 Å². The van der Waals surface area contributed by atoms with Crippen molar-refractivity contribution in [3.63, 3.8) is 0 Å². The first-order valence-corrected chi connectivity index (χ1v) is 12.2. The van der Waals surface area contributed by atoms with Gasteiger partial charge >= 0.3 is 0 Å². The van der Waals surface area contributed by atoms with Crippen molar-refractivity contribution in [2.45, 2.75) is 39.0 Å². The Kier molecular flexibility index (Phi) is 8.79. The Morgan fingerprint density at radius 2 is 1.31 bits per heavy atom. The van der Waals surface area contributed by atoms with Gasteiger partial charge in [-0.15, -0.1) is 0 Å². The smallest absolute Gasteiger partial charge is 0.236 e. The van der Waals surface area contributed by atoms with Gasteiger partial charge in [-0.2, -0.15) is 0 Å². The quantitative estimate of drug-likeness (QED) is 0.119. The highest BCUT2D eigenvalue weighted by Crippen LogP contribution is 2.34. The number of nitrogens with zero attached hydrogens (tertiary/aromatic N) is 2. The summed E-state index contributed by atoms with van der Waals surface area (Å²) in [4.78, 5) is 8.65. The number of aromatic nitrogens is 2. The van der Waals surface area contributed by atoms with E-state index in [0.717, 1.165) is 43.4 Å². The lowest BCUT2D eigenvalue weighted by Gasteiger charge is -2.09. The molecule has 39 heavy (non-hydrogen) atoms. The highest BCUT2D eigenvalue weighted by Gasteiger charge is 2.22. The Morgan fingerprint density at radius 1 is 0.718 bits per heavy atom. The lowest BCUT2D eigenvalue weighted by Crippen LogP contribution is -1.98. The van der Waals surface area contributed by atoms with Gasteiger partial charge in [-0.3, -0.25) is 0 Å². The Balaban J connectivity index is 1.54. The van der Waals surface area contributed by atoms with Crippen LogP contribution in [0.5, 0.6) is 0 Å². The zero-order valence-corrected chi connectivity index (χ0v) is 20.8. The van der Waals surface area contributed by atoms with Gasteiger partial charge in [0.25, 0.3) is 6.43 Å². The van der Waals surface area contributed by atoms with Gasteiger partial charge in [0.1, 0.15) is 17.5 Å². The molecule has 0 aliphatic carbocycles. The fraction of sp³-hybridized carbons (Fsp3) is 0.200. The molecule has 0 saturated carbocycles. The van der Waals surface area contributed by atoms with Gasteiger partial charge in [0, 0.05) is 34.6 Å². The van der Waals surface area contributed by atoms with Crippen molar-refractivity contribution in [1.82, 2.24) is 9.97 Å². The standard InChI is InChI=1S/C30H23F7N2/c1-2-3-4-5-17-15-38-30(39-16-17)20-10-11-22(23(31)12-20)18-6-8-19(9-7-18)27(34)28(35)21-13-24(32)26(29(36)37)25(33)14-21/h6-16,29H,2-5H2,1H3/b28-27+. The largest absolute Gasteiger partial charge is 0.269 e. The van der Waals surface area contributed by atoms with Crippen LogP contribution in [0.25, 0.3) is 34.2 Å². The van der Waals surface area contributed by atoms with Crippen LogP contribution in [-0.4, -0.2) is 9.97 Å². The van der Waals surface area contributed by atoms with Crippen LogP contribution in [0.3, 0.4) is 0 Å². The number of hydrogen-bond donors (Lipinski definition) is 0. The fourth-order valence-electron chi connectivity index (χ4n) is 4.07. The third-order valence-corrected chi connectivity index (χ3v) is 6.19. The van der Waals surface area contributed by atoms with Crippen molar-refractivity contribution in [1.29, 1.82) is 0 Å². The van der Waals surface area contributed by atoms with Gasteiger partial charge in [0.15, 0.2) is 17.5 Å². The van der Waals surface area contributed by atoms with Crippen molar-refractivity contribution in [3.05, 3.63) is 107 Å². The summed E-state index contributed by atoms with van der Waals surface area (Å²) in [5.74, 6) is -6.68. The first-order chi connectivity index (χ1) is 18.7. The molecular formula is C30H23F7N2. The normalized spacial score (nSPS) is 12.1. The molecule has 0 N–H and O–H groups in total. The lowest BCUT2D eigenvalue weighted by molar-refractivity contribution is 0.141. The number of halogens is 7. The topological polar surface area (TPSA) is 25.8 Å². The second kappa shape index (κ2) is 12.2. The molecule has 0 spiro atoms. The molecule has 202 valence electrons. The third-order valence-electron chi connectivity index (χ3n) is 6.19. The number of alkyl halides is 2. The maximum Gasteiger partial charge on any atom is 0.269 e. The molecule has 9 heteroatoms. The van der Waals surface area contributed by atoms with E-state index < -0.39 is 46.7 Å². The highest BCUT2D eigenvalue weighted by atomic mass is 19.3. The molecule has 4 rings (SSSR count). The van der Waals surface area contributed by atoms with Gasteiger partial charge in [-0.05, 0) is 42.2 Å². The Morgan fingerprint density at radius 3 is 1.87 bits per heavy atom. The second-order valence-corrected chi connectivity index (χ2v) is 8.93. The van der Waals surface area contributed by atoms with Crippen LogP contribution in [0.4, 0.5) is 30.7 Å². The molecule has 0 radical (unpaired) electrons. The molecule has 0 atom stereocenters. The van der Waals surface area contributed by atoms with E-state index in [1.165, 1.54) is 24.3 Å². The van der Waals surface area contributed by atoms with Gasteiger partial charge in [-0.25, -0.2) is 40.7 Å². The summed E-state index contributed by atoms with van der Waals surface area (Å²) in [5, 5.41) is 0. The summed E-state index contributed by atoms with van der Waals surface area (Å²) in [7, 11) is 0. The van der Waals surface area contributed by atoms with E-state index in [-0.39, 0.29) is 11.1 Å². The SMILES string of the molecule is CCCCCc1cnc(-c2ccc(-c3ccc(/C(F)=C(\F)c4cc(F)c(C(F)F)c(F)c4)cc3)c(F)c2)nc1. The molecule has 0 amide bonds. The molecule has 0 bridgehead atoms. The van der Waals surface area contributed by atoms with Crippen LogP contribution in [0.1, 0.15) is 54.9 Å². The number of unbranched alkanes of at least 4 members (excludes halogenated alkanes) is 2. The molecule has 0 fully saturated rings. The van der Waals surface area contributed by atoms with E-state index >= 15 is 0 Å². The summed E-state index contributed by atoms with van der Waals surface area (Å²) in [5.41, 5.74) is -0.646. The lowest BCUT2D eigenvalue weighted by atomic mass is 10.0. The van der Waals surface area contributed by atoms with Crippen LogP contribution in [-0.2, 0) is 6.42 Å². The van der Waals surface area contributed by atoms with Crippen molar-refractivity contribution >= 4 is 11.7 Å². The van der Waals surface area contributed by atoms with E-state index in [4.69, 9.17) is 0 Å². The maximum absolute atomic E-state index is 15.0. The number of hydrogen-bond acceptors (Lipinski definition) is 2. The number of benzene rings is 3. The molecule has 0 aliphatic heterocycles. The zero-order chi connectivity index (χ0) is 28.1. The second-order valence-electron chi connectivity index (χ2n) is 8.93. The summed E-state index contributed by atoms with van der Waals surface area (Å²) >= 11 is 0. The molecule has 0 aliphatic rings. The van der Waals surface area contributed by atoms with Crippen molar-refractivity contribution in [3.8, 4) is 22.5 Å². The minimum absolute atomic E-state index is 0.193. The molecule has 0 saturated heterocycles. The van der Waals surface area contributed by atoms with Gasteiger partial charge in [-0.1, -0.05) is 56.2 Å². The van der Waals surface area contributed by atoms with Crippen LogP contribution < -0.4 is 0 Å². The third kappa shape index (κ3) is 6.35. The Labute approximate surface area is 220 Å². The zero-order valence-electron chi connectivity index (χ0n) is 20.8. The summed E-state index contributed by atoms with van der Waals surface area (Å²) in [6.07, 6.45) is 4.13. The minimum Gasteiger partial charge on any atom is -0.236 e. The minimum atomic E-state index is -3.45. The first-order valence-electron chi connectivity index (χ1n) is 12.2. The maximum atomic E-state index is 15.0. The van der Waals surface area contributed by atoms with Crippen LogP contribution in [0, 0.1) is 17.5 Å². The Bertz CT molecular complexity index is 1460. The molecule has 1 heterocycles. The molecule has 4 aromatic rings. The van der Waals surface area contributed by atoms with E-state index in [2.05, 4.69) is 16.9 Å². The average Bonchev–Trinajstić information content (AvgIpc) is 2.92. The molecule has 1 aromatic heterocycles. The van der Waals surface area contributed by atoms with E-state index in [1.807, 2.05) is 0 Å². The van der Waals surface area contributed by atoms with Crippen molar-refractivity contribution in [2.24, 2.45) is 0 Å². The summed E-state index contributed by atoms with van der Waals surface area (Å²) in [6, 6.07) is 10.1. The van der Waals surface area contributed by atoms with Crippen molar-refractivity contribution in [2.75, 3.05) is 0 Å². The summed E-state index contributed by atoms with van der Waals surface area (Å²) < 4.78 is 97.4. The van der Waals surface area contributed by atoms with Crippen LogP contribution >= 0.6 is 0 Å². The van der Waals surface area contributed by atoms with E-state index in [1.54, 1.807) is 18.5 Å². The first kappa shape index (κ1) is 28.0. The number of aryl methyl sites for hydroxylation is 1. The summed E-state index contributed by atoms with van der Waals surface area (Å²) in [6.45, 7) is 2.12. The van der Waals surface area contributed by atoms with E-state index in [0.29, 0.717) is 29.1 Å². The fourth-order valence-corrected chi connectivity index (χ4v) is 4.07. The predicted octanol–water partition coefficient (Wildman–Crippen LogP) is 9.66. The van der Waals surface area contributed by atoms with Gasteiger partial charge in [0.2, 0.25) is 0 Å². The number of rotatable bonds is 9. The van der Waals surface area contributed by atoms with Crippen LogP contribution in [0.15, 0.2) is 67.0 Å². The highest BCUT2D eigenvalue weighted by molar-refractivity contribution is 5.84. The molecule has 0 unspecified atom stereocenters. The predicted molar refractivity (Wildman–Crippen MR) is 136 cm³/mol. The molecule has 2 nitrogen and oxygen atoms in total. The molecule has 3 aromatic carbocycles. The Hall–Kier alpha value is -4.01. The van der Waals surface area contributed by atoms with Gasteiger partial charge in [0.05, 0.1) is 5.56 Å². The van der Waals surface area contributed by atoms with Crippen LogP contribution in [0.2, 0.25) is 0 Å². The molecular weight excluding hydrogens is 521 g/mol.